The Morgan fingerprint density at radius 1 is 1.05 bits per heavy atom. The first-order chi connectivity index (χ1) is 9.50. The van der Waals surface area contributed by atoms with Gasteiger partial charge >= 0.3 is 0 Å². The van der Waals surface area contributed by atoms with Gasteiger partial charge in [-0.05, 0) is 25.5 Å². The minimum Gasteiger partial charge on any atom is -0.269 e. The van der Waals surface area contributed by atoms with Gasteiger partial charge in [-0.15, -0.1) is 0 Å². The number of halogens is 1. The van der Waals surface area contributed by atoms with E-state index in [1.165, 1.54) is 11.0 Å². The first kappa shape index (κ1) is 12.9. The third-order valence-corrected chi connectivity index (χ3v) is 3.79. The lowest BCUT2D eigenvalue weighted by Gasteiger charge is -2.20. The number of carbonyl (C=O) groups excluding carboxylic acids is 2. The van der Waals surface area contributed by atoms with Crippen LogP contribution in [0.2, 0.25) is 5.02 Å². The van der Waals surface area contributed by atoms with Crippen LogP contribution in [0.15, 0.2) is 42.0 Å². The molecular weight excluding hydrogens is 274 g/mol. The molecule has 0 aliphatic carbocycles. The number of fused-ring (bicyclic) bond motifs is 1. The summed E-state index contributed by atoms with van der Waals surface area (Å²) in [7, 11) is 0. The summed E-state index contributed by atoms with van der Waals surface area (Å²) in [6, 6.07) is 9.29. The number of hydrogen-bond acceptors (Lipinski definition) is 2. The molecule has 0 atom stereocenters. The largest absolute Gasteiger partial charge is 0.269 e. The van der Waals surface area contributed by atoms with Crippen LogP contribution in [0.4, 0.5) is 5.69 Å². The maximum absolute atomic E-state index is 12.2. The summed E-state index contributed by atoms with van der Waals surface area (Å²) in [5.74, 6) is -0.575. The van der Waals surface area contributed by atoms with Crippen molar-refractivity contribution in [3.05, 3.63) is 52.6 Å². The zero-order valence-corrected chi connectivity index (χ0v) is 11.9. The molecule has 0 aromatic heterocycles. The summed E-state index contributed by atoms with van der Waals surface area (Å²) >= 11 is 6.24. The Kier molecular flexibility index (Phi) is 2.87. The Morgan fingerprint density at radius 3 is 2.30 bits per heavy atom. The second-order valence-corrected chi connectivity index (χ2v) is 5.28. The van der Waals surface area contributed by atoms with E-state index in [1.807, 2.05) is 31.2 Å². The SMILES string of the molecule is CC1=CC(=O)N(c2c(C)cc(Cl)c3ccccc23)C1=O. The van der Waals surface area contributed by atoms with Crippen molar-refractivity contribution in [1.29, 1.82) is 0 Å². The van der Waals surface area contributed by atoms with Crippen molar-refractivity contribution in [3.8, 4) is 0 Å². The number of aryl methyl sites for hydroxylation is 1. The Balaban J connectivity index is 2.33. The Morgan fingerprint density at radius 2 is 1.70 bits per heavy atom. The minimum atomic E-state index is -0.303. The average Bonchev–Trinajstić information content (AvgIpc) is 2.65. The van der Waals surface area contributed by atoms with E-state index in [9.17, 15) is 9.59 Å². The molecule has 100 valence electrons. The molecule has 2 aromatic carbocycles. The molecule has 3 rings (SSSR count). The molecular formula is C16H12ClNO2. The fourth-order valence-electron chi connectivity index (χ4n) is 2.54. The van der Waals surface area contributed by atoms with Crippen molar-refractivity contribution >= 4 is 39.9 Å². The molecule has 1 aliphatic heterocycles. The number of hydrogen-bond donors (Lipinski definition) is 0. The van der Waals surface area contributed by atoms with Gasteiger partial charge < -0.3 is 0 Å². The smallest absolute Gasteiger partial charge is 0.261 e. The number of imide groups is 1. The fourth-order valence-corrected chi connectivity index (χ4v) is 2.87. The second-order valence-electron chi connectivity index (χ2n) is 4.88. The summed E-state index contributed by atoms with van der Waals surface area (Å²) in [5, 5.41) is 2.26. The highest BCUT2D eigenvalue weighted by molar-refractivity contribution is 6.38. The summed E-state index contributed by atoms with van der Waals surface area (Å²) in [5.41, 5.74) is 1.88. The van der Waals surface area contributed by atoms with Gasteiger partial charge in [0.25, 0.3) is 11.8 Å². The van der Waals surface area contributed by atoms with Crippen molar-refractivity contribution in [2.24, 2.45) is 0 Å². The standard InChI is InChI=1S/C16H12ClNO2/c1-9-7-13(17)11-5-3-4-6-12(11)15(9)18-14(19)8-10(2)16(18)20/h3-8H,1-2H3. The molecule has 2 aromatic rings. The lowest BCUT2D eigenvalue weighted by atomic mass is 10.0. The van der Waals surface area contributed by atoms with Crippen LogP contribution in [0.5, 0.6) is 0 Å². The van der Waals surface area contributed by atoms with Crippen LogP contribution in [0.3, 0.4) is 0 Å². The predicted molar refractivity (Wildman–Crippen MR) is 79.9 cm³/mol. The highest BCUT2D eigenvalue weighted by atomic mass is 35.5. The molecule has 3 nitrogen and oxygen atoms in total. The number of benzene rings is 2. The second kappa shape index (κ2) is 4.46. The van der Waals surface area contributed by atoms with Gasteiger partial charge in [0, 0.05) is 27.4 Å². The van der Waals surface area contributed by atoms with Crippen molar-refractivity contribution in [3.63, 3.8) is 0 Å². The highest BCUT2D eigenvalue weighted by Gasteiger charge is 2.32. The Hall–Kier alpha value is -2.13. The average molecular weight is 286 g/mol. The maximum atomic E-state index is 12.2. The van der Waals surface area contributed by atoms with Gasteiger partial charge in [0.1, 0.15) is 0 Å². The van der Waals surface area contributed by atoms with Crippen molar-refractivity contribution < 1.29 is 9.59 Å². The van der Waals surface area contributed by atoms with Gasteiger partial charge in [0.15, 0.2) is 0 Å². The third-order valence-electron chi connectivity index (χ3n) is 3.48. The molecule has 0 bridgehead atoms. The molecule has 0 N–H and O–H groups in total. The van der Waals surface area contributed by atoms with Crippen LogP contribution in [0.25, 0.3) is 10.8 Å². The topological polar surface area (TPSA) is 37.4 Å². The van der Waals surface area contributed by atoms with Crippen molar-refractivity contribution in [2.45, 2.75) is 13.8 Å². The van der Waals surface area contributed by atoms with E-state index in [0.29, 0.717) is 16.3 Å². The van der Waals surface area contributed by atoms with Crippen LogP contribution < -0.4 is 4.90 Å². The molecule has 4 heteroatoms. The lowest BCUT2D eigenvalue weighted by Crippen LogP contribution is -2.31. The molecule has 0 saturated heterocycles. The molecule has 1 aliphatic rings. The monoisotopic (exact) mass is 285 g/mol. The normalized spacial score (nSPS) is 15.2. The first-order valence-electron chi connectivity index (χ1n) is 6.25. The van der Waals surface area contributed by atoms with E-state index >= 15 is 0 Å². The van der Waals surface area contributed by atoms with Crippen LogP contribution >= 0.6 is 11.6 Å². The number of rotatable bonds is 1. The predicted octanol–water partition coefficient (Wildman–Crippen LogP) is 3.62. The molecule has 2 amide bonds. The van der Waals surface area contributed by atoms with Crippen LogP contribution in [0, 0.1) is 6.92 Å². The van der Waals surface area contributed by atoms with Crippen LogP contribution in [-0.2, 0) is 9.59 Å². The molecule has 0 unspecified atom stereocenters. The molecule has 0 saturated carbocycles. The van der Waals surface area contributed by atoms with Gasteiger partial charge in [-0.25, -0.2) is 4.90 Å². The van der Waals surface area contributed by atoms with Crippen LogP contribution in [-0.4, -0.2) is 11.8 Å². The van der Waals surface area contributed by atoms with Gasteiger partial charge in [0.2, 0.25) is 0 Å². The zero-order valence-electron chi connectivity index (χ0n) is 11.1. The minimum absolute atomic E-state index is 0.273. The van der Waals surface area contributed by atoms with E-state index in [1.54, 1.807) is 13.0 Å². The van der Waals surface area contributed by atoms with Gasteiger partial charge in [0.05, 0.1) is 5.69 Å². The van der Waals surface area contributed by atoms with E-state index in [2.05, 4.69) is 0 Å². The maximum Gasteiger partial charge on any atom is 0.261 e. The summed E-state index contributed by atoms with van der Waals surface area (Å²) in [6.07, 6.45) is 1.37. The van der Waals surface area contributed by atoms with E-state index in [0.717, 1.165) is 16.3 Å². The number of carbonyl (C=O) groups is 2. The van der Waals surface area contributed by atoms with Gasteiger partial charge in [-0.2, -0.15) is 0 Å². The van der Waals surface area contributed by atoms with Gasteiger partial charge in [-0.3, -0.25) is 9.59 Å². The van der Waals surface area contributed by atoms with E-state index in [4.69, 9.17) is 11.6 Å². The van der Waals surface area contributed by atoms with Crippen molar-refractivity contribution in [1.82, 2.24) is 0 Å². The summed E-state index contributed by atoms with van der Waals surface area (Å²) in [6.45, 7) is 3.50. The van der Waals surface area contributed by atoms with E-state index < -0.39 is 0 Å². The lowest BCUT2D eigenvalue weighted by molar-refractivity contribution is -0.120. The fraction of sp³-hybridized carbons (Fsp3) is 0.125. The third kappa shape index (κ3) is 1.74. The van der Waals surface area contributed by atoms with Gasteiger partial charge in [-0.1, -0.05) is 35.9 Å². The summed E-state index contributed by atoms with van der Waals surface area (Å²) in [4.78, 5) is 25.5. The number of nitrogens with zero attached hydrogens (tertiary/aromatic N) is 1. The Labute approximate surface area is 121 Å². The number of anilines is 1. The molecule has 20 heavy (non-hydrogen) atoms. The number of amides is 2. The summed E-state index contributed by atoms with van der Waals surface area (Å²) < 4.78 is 0. The first-order valence-corrected chi connectivity index (χ1v) is 6.63. The van der Waals surface area contributed by atoms with Crippen LogP contribution in [0.1, 0.15) is 12.5 Å². The van der Waals surface area contributed by atoms with Crippen molar-refractivity contribution in [2.75, 3.05) is 4.90 Å². The highest BCUT2D eigenvalue weighted by Crippen LogP contribution is 2.37. The molecule has 1 heterocycles. The molecule has 0 fully saturated rings. The molecule has 0 radical (unpaired) electrons. The quantitative estimate of drug-likeness (QED) is 0.751. The Bertz CT molecular complexity index is 792. The zero-order chi connectivity index (χ0) is 14.4. The molecule has 0 spiro atoms. The van der Waals surface area contributed by atoms with E-state index in [-0.39, 0.29) is 11.8 Å².